The number of nitriles is 1. The van der Waals surface area contributed by atoms with Crippen LogP contribution in [0.15, 0.2) is 42.7 Å². The Balaban J connectivity index is 2.10. The fourth-order valence-corrected chi connectivity index (χ4v) is 1.69. The van der Waals surface area contributed by atoms with Crippen LogP contribution in [-0.2, 0) is 4.79 Å². The molecule has 0 spiro atoms. The van der Waals surface area contributed by atoms with Crippen LogP contribution in [0.25, 0.3) is 0 Å². The highest BCUT2D eigenvalue weighted by molar-refractivity contribution is 6.33. The largest absolute Gasteiger partial charge is 0.456 e. The van der Waals surface area contributed by atoms with Gasteiger partial charge in [0.25, 0.3) is 0 Å². The summed E-state index contributed by atoms with van der Waals surface area (Å²) in [6, 6.07) is 10.2. The number of anilines is 1. The molecule has 1 aromatic heterocycles. The van der Waals surface area contributed by atoms with Crippen molar-refractivity contribution < 1.29 is 9.53 Å². The normalized spacial score (nSPS) is 9.60. The van der Waals surface area contributed by atoms with Crippen molar-refractivity contribution in [1.82, 2.24) is 4.98 Å². The van der Waals surface area contributed by atoms with Crippen molar-refractivity contribution in [3.05, 3.63) is 47.7 Å². The van der Waals surface area contributed by atoms with Crippen LogP contribution in [0.3, 0.4) is 0 Å². The Morgan fingerprint density at radius 1 is 1.40 bits per heavy atom. The van der Waals surface area contributed by atoms with Gasteiger partial charge in [0.15, 0.2) is 0 Å². The zero-order valence-electron chi connectivity index (χ0n) is 10.3. The first-order chi connectivity index (χ1) is 9.69. The van der Waals surface area contributed by atoms with E-state index in [2.05, 4.69) is 10.3 Å². The smallest absolute Gasteiger partial charge is 0.238 e. The Labute approximate surface area is 120 Å². The molecular weight excluding hydrogens is 278 g/mol. The highest BCUT2D eigenvalue weighted by Gasteiger charge is 2.07. The molecule has 0 bridgehead atoms. The molecule has 0 saturated heterocycles. The molecule has 1 amide bonds. The monoisotopic (exact) mass is 287 g/mol. The Hall–Kier alpha value is -2.58. The van der Waals surface area contributed by atoms with Gasteiger partial charge in [0.05, 0.1) is 23.0 Å². The number of aromatic nitrogens is 1. The summed E-state index contributed by atoms with van der Waals surface area (Å²) in [5, 5.41) is 11.3. The molecule has 0 aliphatic rings. The zero-order valence-corrected chi connectivity index (χ0v) is 11.1. The second-order valence-corrected chi connectivity index (χ2v) is 4.22. The van der Waals surface area contributed by atoms with Gasteiger partial charge in [-0.3, -0.25) is 9.78 Å². The first-order valence-corrected chi connectivity index (χ1v) is 6.11. The Morgan fingerprint density at radius 3 is 2.90 bits per heavy atom. The van der Waals surface area contributed by atoms with E-state index in [1.165, 1.54) is 0 Å². The lowest BCUT2D eigenvalue weighted by molar-refractivity contribution is -0.115. The van der Waals surface area contributed by atoms with Crippen molar-refractivity contribution in [1.29, 1.82) is 5.26 Å². The average molecular weight is 288 g/mol. The van der Waals surface area contributed by atoms with Crippen LogP contribution in [0.2, 0.25) is 5.02 Å². The number of carbonyl (C=O) groups is 1. The van der Waals surface area contributed by atoms with Gasteiger partial charge >= 0.3 is 0 Å². The van der Waals surface area contributed by atoms with Gasteiger partial charge in [-0.1, -0.05) is 11.6 Å². The van der Waals surface area contributed by atoms with Gasteiger partial charge < -0.3 is 10.1 Å². The number of rotatable bonds is 4. The molecule has 5 nitrogen and oxygen atoms in total. The van der Waals surface area contributed by atoms with Crippen LogP contribution in [0, 0.1) is 11.3 Å². The summed E-state index contributed by atoms with van der Waals surface area (Å²) in [7, 11) is 0. The average Bonchev–Trinajstić information content (AvgIpc) is 2.43. The summed E-state index contributed by atoms with van der Waals surface area (Å²) >= 11 is 6.05. The number of amides is 1. The topological polar surface area (TPSA) is 75.0 Å². The van der Waals surface area contributed by atoms with Gasteiger partial charge in [-0.05, 0) is 24.3 Å². The van der Waals surface area contributed by atoms with Crippen LogP contribution in [-0.4, -0.2) is 10.9 Å². The standard InChI is InChI=1S/C14H10ClN3O2/c15-12-8-10(20-11-2-1-7-17-9-11)3-4-13(12)18-14(19)5-6-16/h1-4,7-9H,5H2,(H,18,19). The van der Waals surface area contributed by atoms with E-state index in [4.69, 9.17) is 21.6 Å². The molecule has 6 heteroatoms. The Kier molecular flexibility index (Phi) is 4.53. The quantitative estimate of drug-likeness (QED) is 0.935. The van der Waals surface area contributed by atoms with Gasteiger partial charge in [-0.2, -0.15) is 5.26 Å². The van der Waals surface area contributed by atoms with E-state index in [0.29, 0.717) is 22.2 Å². The number of hydrogen-bond acceptors (Lipinski definition) is 4. The predicted molar refractivity (Wildman–Crippen MR) is 74.6 cm³/mol. The van der Waals surface area contributed by atoms with E-state index in [1.54, 1.807) is 48.8 Å². The summed E-state index contributed by atoms with van der Waals surface area (Å²) in [6.45, 7) is 0. The van der Waals surface area contributed by atoms with E-state index in [0.717, 1.165) is 0 Å². The summed E-state index contributed by atoms with van der Waals surface area (Å²) in [5.74, 6) is 0.710. The van der Waals surface area contributed by atoms with Crippen molar-refractivity contribution in [3.63, 3.8) is 0 Å². The minimum atomic E-state index is -0.407. The molecule has 1 N–H and O–H groups in total. The molecule has 0 aliphatic heterocycles. The van der Waals surface area contributed by atoms with Crippen molar-refractivity contribution in [2.75, 3.05) is 5.32 Å². The maximum atomic E-state index is 11.3. The molecule has 100 valence electrons. The van der Waals surface area contributed by atoms with E-state index in [9.17, 15) is 4.79 Å². The Morgan fingerprint density at radius 2 is 2.25 bits per heavy atom. The Bertz CT molecular complexity index is 653. The zero-order chi connectivity index (χ0) is 14.4. The van der Waals surface area contributed by atoms with Crippen LogP contribution in [0.1, 0.15) is 6.42 Å². The van der Waals surface area contributed by atoms with Crippen LogP contribution in [0.5, 0.6) is 11.5 Å². The van der Waals surface area contributed by atoms with Crippen LogP contribution in [0.4, 0.5) is 5.69 Å². The number of hydrogen-bond donors (Lipinski definition) is 1. The molecule has 1 aromatic carbocycles. The maximum Gasteiger partial charge on any atom is 0.238 e. The number of carbonyl (C=O) groups excluding carboxylic acids is 1. The lowest BCUT2D eigenvalue weighted by Crippen LogP contribution is -2.10. The summed E-state index contributed by atoms with van der Waals surface area (Å²) in [6.07, 6.45) is 3.01. The fourth-order valence-electron chi connectivity index (χ4n) is 1.47. The van der Waals surface area contributed by atoms with Crippen molar-refractivity contribution >= 4 is 23.2 Å². The molecule has 0 unspecified atom stereocenters. The summed E-state index contributed by atoms with van der Waals surface area (Å²) < 4.78 is 5.55. The van der Waals surface area contributed by atoms with Crippen molar-refractivity contribution in [2.45, 2.75) is 6.42 Å². The van der Waals surface area contributed by atoms with Gasteiger partial charge in [-0.25, -0.2) is 0 Å². The van der Waals surface area contributed by atoms with E-state index < -0.39 is 5.91 Å². The van der Waals surface area contributed by atoms with Crippen LogP contribution < -0.4 is 10.1 Å². The molecule has 0 aliphatic carbocycles. The number of nitrogens with zero attached hydrogens (tertiary/aromatic N) is 2. The highest BCUT2D eigenvalue weighted by Crippen LogP contribution is 2.29. The van der Waals surface area contributed by atoms with E-state index >= 15 is 0 Å². The SMILES string of the molecule is N#CCC(=O)Nc1ccc(Oc2cccnc2)cc1Cl. The van der Waals surface area contributed by atoms with Gasteiger partial charge in [0, 0.05) is 12.3 Å². The van der Waals surface area contributed by atoms with Gasteiger partial charge in [0.2, 0.25) is 5.91 Å². The van der Waals surface area contributed by atoms with Gasteiger partial charge in [-0.15, -0.1) is 0 Å². The minimum absolute atomic E-state index is 0.218. The third-order valence-corrected chi connectivity index (χ3v) is 2.64. The predicted octanol–water partition coefficient (Wildman–Crippen LogP) is 3.38. The van der Waals surface area contributed by atoms with Crippen molar-refractivity contribution in [3.8, 4) is 17.6 Å². The molecule has 0 atom stereocenters. The second kappa shape index (κ2) is 6.55. The number of halogens is 1. The first-order valence-electron chi connectivity index (χ1n) is 5.73. The van der Waals surface area contributed by atoms with Gasteiger partial charge in [0.1, 0.15) is 17.9 Å². The molecule has 1 heterocycles. The third kappa shape index (κ3) is 3.70. The third-order valence-electron chi connectivity index (χ3n) is 2.32. The number of benzene rings is 1. The van der Waals surface area contributed by atoms with E-state index in [-0.39, 0.29) is 6.42 Å². The highest BCUT2D eigenvalue weighted by atomic mass is 35.5. The molecule has 20 heavy (non-hydrogen) atoms. The minimum Gasteiger partial charge on any atom is -0.456 e. The molecule has 0 saturated carbocycles. The molecule has 0 radical (unpaired) electrons. The lowest BCUT2D eigenvalue weighted by Gasteiger charge is -2.09. The number of nitrogens with one attached hydrogen (secondary N) is 1. The molecular formula is C14H10ClN3O2. The summed E-state index contributed by atoms with van der Waals surface area (Å²) in [4.78, 5) is 15.2. The fraction of sp³-hybridized carbons (Fsp3) is 0.0714. The molecule has 0 fully saturated rings. The van der Waals surface area contributed by atoms with Crippen LogP contribution >= 0.6 is 11.6 Å². The van der Waals surface area contributed by atoms with E-state index in [1.807, 2.05) is 0 Å². The first kappa shape index (κ1) is 13.8. The molecule has 2 rings (SSSR count). The molecule has 2 aromatic rings. The number of ether oxygens (including phenoxy) is 1. The number of pyridine rings is 1. The second-order valence-electron chi connectivity index (χ2n) is 3.82. The summed E-state index contributed by atoms with van der Waals surface area (Å²) in [5.41, 5.74) is 0.436. The maximum absolute atomic E-state index is 11.3. The van der Waals surface area contributed by atoms with Crippen molar-refractivity contribution in [2.24, 2.45) is 0 Å². The lowest BCUT2D eigenvalue weighted by atomic mass is 10.3.